The maximum Gasteiger partial charge on any atom is 0.472 e. The van der Waals surface area contributed by atoms with Crippen molar-refractivity contribution >= 4 is 41.9 Å². The molecule has 41 heavy (non-hydrogen) atoms. The summed E-state index contributed by atoms with van der Waals surface area (Å²) in [6.45, 7) is 1.90. The number of fused-ring (bicyclic) bond motifs is 5. The summed E-state index contributed by atoms with van der Waals surface area (Å²) in [5.74, 6) is 0.184. The Labute approximate surface area is 231 Å². The number of imidazole rings is 2. The number of phosphoric acid groups is 1. The van der Waals surface area contributed by atoms with Gasteiger partial charge in [0.2, 0.25) is 5.95 Å². The Kier molecular flexibility index (Phi) is 6.33. The maximum atomic E-state index is 13.2. The zero-order chi connectivity index (χ0) is 28.5. The van der Waals surface area contributed by atoms with Gasteiger partial charge in [-0.15, -0.1) is 0 Å². The first-order chi connectivity index (χ1) is 19.7. The van der Waals surface area contributed by atoms with Gasteiger partial charge in [-0.3, -0.25) is 28.0 Å². The molecule has 0 aliphatic carbocycles. The molecule has 7 rings (SSSR count). The topological polar surface area (TPSA) is 233 Å². The molecular weight excluding hydrogens is 559 g/mol. The number of nitrogen functional groups attached to an aromatic ring is 2. The third-order valence-electron chi connectivity index (χ3n) is 8.18. The predicted octanol–water partition coefficient (Wildman–Crippen LogP) is 1.25. The third kappa shape index (κ3) is 4.58. The molecule has 3 aliphatic heterocycles. The molecule has 2 unspecified atom stereocenters. The molecular formula is C23H29N10O7P. The van der Waals surface area contributed by atoms with Gasteiger partial charge in [-0.2, -0.15) is 4.98 Å². The van der Waals surface area contributed by atoms with Crippen LogP contribution >= 0.6 is 7.82 Å². The molecule has 0 radical (unpaired) electrons. The number of hydrogen-bond donors (Lipinski definition) is 4. The van der Waals surface area contributed by atoms with Crippen LogP contribution in [0.3, 0.4) is 0 Å². The Hall–Kier alpha value is -3.47. The fourth-order valence-corrected chi connectivity index (χ4v) is 7.19. The van der Waals surface area contributed by atoms with E-state index in [0.29, 0.717) is 24.0 Å². The Morgan fingerprint density at radius 2 is 1.80 bits per heavy atom. The molecule has 3 fully saturated rings. The summed E-state index contributed by atoms with van der Waals surface area (Å²) in [6.07, 6.45) is 4.01. The van der Waals surface area contributed by atoms with Gasteiger partial charge in [0.1, 0.15) is 24.2 Å². The van der Waals surface area contributed by atoms with E-state index >= 15 is 0 Å². The minimum atomic E-state index is -4.56. The van der Waals surface area contributed by atoms with Crippen molar-refractivity contribution in [2.45, 2.75) is 63.4 Å². The Morgan fingerprint density at radius 3 is 2.63 bits per heavy atom. The number of nitrogens with zero attached hydrogens (tertiary/aromatic N) is 7. The molecule has 0 aromatic carbocycles. The number of anilines is 2. The summed E-state index contributed by atoms with van der Waals surface area (Å²) in [7, 11) is -4.56. The zero-order valence-corrected chi connectivity index (χ0v) is 22.8. The number of aromatic amines is 1. The number of hydrogen-bond acceptors (Lipinski definition) is 13. The number of nitrogens with one attached hydrogen (secondary N) is 1. The standard InChI is InChI=1S/C23H29N10O7P/c1-10-12-4-2-3-11-5-13(22(38-11)33-9-29-16-19(33)30-23(25)31-20(16)34)40-41(35,36)37-6-14(12)39-21(10)32-8-28-15-17(24)26-7-27-18(15)32/h7-14,21-22H,2-6H2,1H3,(H,35,36)(H2,24,26,27)(H3,25,30,31,34)/t10-,11?,12+,13-,14-,21-,22-/m1/s1. The molecule has 4 aromatic rings. The lowest BCUT2D eigenvalue weighted by atomic mass is 9.86. The van der Waals surface area contributed by atoms with Gasteiger partial charge in [0.25, 0.3) is 5.56 Å². The minimum Gasteiger partial charge on any atom is -0.382 e. The minimum absolute atomic E-state index is 0.000510. The van der Waals surface area contributed by atoms with Crippen molar-refractivity contribution in [2.24, 2.45) is 11.8 Å². The van der Waals surface area contributed by atoms with Crippen molar-refractivity contribution in [1.29, 1.82) is 0 Å². The first kappa shape index (κ1) is 26.4. The van der Waals surface area contributed by atoms with E-state index < -0.39 is 38.0 Å². The Bertz CT molecular complexity index is 1720. The molecule has 3 saturated heterocycles. The van der Waals surface area contributed by atoms with Crippen molar-refractivity contribution in [3.63, 3.8) is 0 Å². The van der Waals surface area contributed by atoms with Crippen molar-refractivity contribution in [3.8, 4) is 0 Å². The van der Waals surface area contributed by atoms with Gasteiger partial charge in [0.05, 0.1) is 31.5 Å². The molecule has 0 amide bonds. The van der Waals surface area contributed by atoms with E-state index in [1.54, 1.807) is 6.33 Å². The van der Waals surface area contributed by atoms with Crippen LogP contribution in [0, 0.1) is 11.8 Å². The average molecular weight is 589 g/mol. The molecule has 6 N–H and O–H groups in total. The predicted molar refractivity (Wildman–Crippen MR) is 142 cm³/mol. The maximum absolute atomic E-state index is 13.2. The summed E-state index contributed by atoms with van der Waals surface area (Å²) in [4.78, 5) is 46.4. The van der Waals surface area contributed by atoms with Crippen LogP contribution in [0.25, 0.3) is 22.3 Å². The van der Waals surface area contributed by atoms with E-state index in [2.05, 4.69) is 36.8 Å². The van der Waals surface area contributed by atoms with Crippen molar-refractivity contribution in [3.05, 3.63) is 29.3 Å². The van der Waals surface area contributed by atoms with Gasteiger partial charge in [-0.25, -0.2) is 24.5 Å². The van der Waals surface area contributed by atoms with Crippen LogP contribution in [-0.2, 0) is 23.1 Å². The molecule has 0 saturated carbocycles. The summed E-state index contributed by atoms with van der Waals surface area (Å²) in [6, 6.07) is 0. The summed E-state index contributed by atoms with van der Waals surface area (Å²) < 4.78 is 40.3. The normalized spacial score (nSPS) is 34.4. The fraction of sp³-hybridized carbons (Fsp3) is 0.565. The van der Waals surface area contributed by atoms with Gasteiger partial charge in [-0.05, 0) is 18.8 Å². The van der Waals surface area contributed by atoms with Gasteiger partial charge in [0, 0.05) is 12.3 Å². The Balaban J connectivity index is 1.15. The second-order valence-electron chi connectivity index (χ2n) is 10.7. The first-order valence-electron chi connectivity index (χ1n) is 13.3. The van der Waals surface area contributed by atoms with Gasteiger partial charge in [0.15, 0.2) is 28.9 Å². The number of aromatic nitrogens is 8. The average Bonchev–Trinajstić information content (AvgIpc) is 3.68. The molecule has 0 spiro atoms. The quantitative estimate of drug-likeness (QED) is 0.241. The smallest absolute Gasteiger partial charge is 0.382 e. The van der Waals surface area contributed by atoms with Crippen LogP contribution in [0.4, 0.5) is 11.8 Å². The molecule has 2 bridgehead atoms. The molecule has 7 heterocycles. The number of phosphoric ester groups is 1. The lowest BCUT2D eigenvalue weighted by Crippen LogP contribution is -2.26. The van der Waals surface area contributed by atoms with E-state index in [-0.39, 0.29) is 47.5 Å². The van der Waals surface area contributed by atoms with Crippen molar-refractivity contribution in [1.82, 2.24) is 39.0 Å². The lowest BCUT2D eigenvalue weighted by Gasteiger charge is -2.24. The Morgan fingerprint density at radius 1 is 1.02 bits per heavy atom. The summed E-state index contributed by atoms with van der Waals surface area (Å²) >= 11 is 0. The number of rotatable bonds is 2. The van der Waals surface area contributed by atoms with Crippen LogP contribution in [0.1, 0.15) is 45.1 Å². The molecule has 218 valence electrons. The van der Waals surface area contributed by atoms with Crippen LogP contribution in [-0.4, -0.2) is 68.9 Å². The SMILES string of the molecule is C[C@@H]1[C@@H]2CCCC3C[C@@H](OP(=O)(O)OC[C@H]2O[C@H]1n1cnc2c(N)ncnc21)[C@H](n1cnc2c(=O)[nH]c(N)nc21)O3. The molecule has 3 aliphatic rings. The molecule has 17 nitrogen and oxygen atoms in total. The monoisotopic (exact) mass is 588 g/mol. The highest BCUT2D eigenvalue weighted by molar-refractivity contribution is 7.47. The van der Waals surface area contributed by atoms with Crippen molar-refractivity contribution in [2.75, 3.05) is 18.1 Å². The van der Waals surface area contributed by atoms with E-state index in [9.17, 15) is 14.3 Å². The highest BCUT2D eigenvalue weighted by Gasteiger charge is 2.47. The van der Waals surface area contributed by atoms with E-state index in [4.69, 9.17) is 30.0 Å². The molecule has 4 aromatic heterocycles. The zero-order valence-electron chi connectivity index (χ0n) is 21.9. The van der Waals surface area contributed by atoms with E-state index in [0.717, 1.165) is 12.8 Å². The van der Waals surface area contributed by atoms with Gasteiger partial charge < -0.3 is 25.8 Å². The third-order valence-corrected chi connectivity index (χ3v) is 9.19. The second-order valence-corrected chi connectivity index (χ2v) is 12.1. The van der Waals surface area contributed by atoms with Gasteiger partial charge in [-0.1, -0.05) is 13.3 Å². The van der Waals surface area contributed by atoms with Crippen LogP contribution in [0.5, 0.6) is 0 Å². The molecule has 8 atom stereocenters. The molecule has 18 heteroatoms. The second kappa shape index (κ2) is 9.82. The van der Waals surface area contributed by atoms with E-state index in [1.807, 2.05) is 4.57 Å². The number of nitrogens with two attached hydrogens (primary N) is 2. The van der Waals surface area contributed by atoms with Crippen molar-refractivity contribution < 1.29 is 28.0 Å². The first-order valence-corrected chi connectivity index (χ1v) is 14.8. The van der Waals surface area contributed by atoms with Crippen LogP contribution < -0.4 is 17.0 Å². The van der Waals surface area contributed by atoms with Crippen LogP contribution in [0.15, 0.2) is 23.8 Å². The summed E-state index contributed by atoms with van der Waals surface area (Å²) in [5, 5.41) is 0. The van der Waals surface area contributed by atoms with Gasteiger partial charge >= 0.3 is 7.82 Å². The largest absolute Gasteiger partial charge is 0.472 e. The van der Waals surface area contributed by atoms with E-state index in [1.165, 1.54) is 17.2 Å². The highest BCUT2D eigenvalue weighted by Crippen LogP contribution is 2.52. The number of ether oxygens (including phenoxy) is 2. The number of H-pyrrole nitrogens is 1. The highest BCUT2D eigenvalue weighted by atomic mass is 31.2. The lowest BCUT2D eigenvalue weighted by molar-refractivity contribution is -0.0479. The summed E-state index contributed by atoms with van der Waals surface area (Å²) in [5.41, 5.74) is 12.5. The van der Waals surface area contributed by atoms with Crippen LogP contribution in [0.2, 0.25) is 0 Å². The fourth-order valence-electron chi connectivity index (χ4n) is 6.26.